The lowest BCUT2D eigenvalue weighted by atomic mass is 9.98. The van der Waals surface area contributed by atoms with Crippen molar-refractivity contribution in [1.82, 2.24) is 16.0 Å². The molecule has 13 heteroatoms. The smallest absolute Gasteiger partial charge is 0.322 e. The number of nitrogens with one attached hydrogen (secondary N) is 3. The number of benzene rings is 1. The average molecular weight is 508 g/mol. The average Bonchev–Trinajstić information content (AvgIpc) is 2.83. The monoisotopic (exact) mass is 507 g/mol. The molecular formula is C23H37N7O6. The number of hydrogen-bond acceptors (Lipinski definition) is 7. The second-order valence-corrected chi connectivity index (χ2v) is 8.46. The van der Waals surface area contributed by atoms with Gasteiger partial charge < -0.3 is 43.4 Å². The number of carboxylic acid groups (broad SMARTS) is 1. The van der Waals surface area contributed by atoms with Crippen molar-refractivity contribution in [2.24, 2.45) is 28.1 Å². The van der Waals surface area contributed by atoms with Gasteiger partial charge in [0.05, 0.1) is 6.04 Å². The Bertz CT molecular complexity index is 918. The molecule has 0 saturated carbocycles. The molecule has 0 heterocycles. The van der Waals surface area contributed by atoms with Crippen molar-refractivity contribution in [2.45, 2.75) is 57.7 Å². The fraction of sp³-hybridized carbons (Fsp3) is 0.522. The molecule has 0 spiro atoms. The first kappa shape index (κ1) is 30.2. The quantitative estimate of drug-likeness (QED) is 0.0784. The van der Waals surface area contributed by atoms with Crippen LogP contribution in [0.25, 0.3) is 0 Å². The molecule has 0 fully saturated rings. The van der Waals surface area contributed by atoms with Crippen molar-refractivity contribution in [2.75, 3.05) is 13.1 Å². The van der Waals surface area contributed by atoms with Crippen molar-refractivity contribution in [3.63, 3.8) is 0 Å². The molecule has 36 heavy (non-hydrogen) atoms. The Morgan fingerprint density at radius 3 is 2.17 bits per heavy atom. The number of aliphatic carboxylic acids is 1. The molecule has 0 bridgehead atoms. The summed E-state index contributed by atoms with van der Waals surface area (Å²) >= 11 is 0. The van der Waals surface area contributed by atoms with E-state index in [0.29, 0.717) is 18.4 Å². The van der Waals surface area contributed by atoms with Crippen LogP contribution in [0.4, 0.5) is 0 Å². The summed E-state index contributed by atoms with van der Waals surface area (Å²) in [5.41, 5.74) is 17.3. The molecule has 0 saturated heterocycles. The van der Waals surface area contributed by atoms with Gasteiger partial charge in [-0.25, -0.2) is 0 Å². The molecule has 1 rings (SSSR count). The molecule has 11 N–H and O–H groups in total. The highest BCUT2D eigenvalue weighted by atomic mass is 16.4. The van der Waals surface area contributed by atoms with Crippen LogP contribution in [0.2, 0.25) is 0 Å². The largest absolute Gasteiger partial charge is 0.508 e. The summed E-state index contributed by atoms with van der Waals surface area (Å²) < 4.78 is 0. The molecular weight excluding hydrogens is 470 g/mol. The highest BCUT2D eigenvalue weighted by Gasteiger charge is 2.29. The maximum Gasteiger partial charge on any atom is 0.322 e. The SMILES string of the molecule is CCC(C)C(N)C(=O)NC(CCCN=C(N)N)C(=O)NC(Cc1ccc(O)cc1)C(=O)NCC(=O)O. The van der Waals surface area contributed by atoms with Crippen LogP contribution in [-0.2, 0) is 25.6 Å². The minimum Gasteiger partial charge on any atom is -0.508 e. The fourth-order valence-electron chi connectivity index (χ4n) is 3.19. The van der Waals surface area contributed by atoms with E-state index in [2.05, 4.69) is 20.9 Å². The fourth-order valence-corrected chi connectivity index (χ4v) is 3.19. The lowest BCUT2D eigenvalue weighted by molar-refractivity contribution is -0.138. The van der Waals surface area contributed by atoms with Crippen LogP contribution in [0.15, 0.2) is 29.3 Å². The van der Waals surface area contributed by atoms with Gasteiger partial charge in [-0.3, -0.25) is 24.2 Å². The predicted molar refractivity (Wildman–Crippen MR) is 134 cm³/mol. The van der Waals surface area contributed by atoms with Gasteiger partial charge in [-0.1, -0.05) is 32.4 Å². The van der Waals surface area contributed by atoms with Crippen molar-refractivity contribution >= 4 is 29.7 Å². The van der Waals surface area contributed by atoms with Crippen molar-refractivity contribution in [3.8, 4) is 5.75 Å². The Balaban J connectivity index is 3.07. The molecule has 0 aliphatic heterocycles. The van der Waals surface area contributed by atoms with Gasteiger partial charge in [0.15, 0.2) is 5.96 Å². The second-order valence-electron chi connectivity index (χ2n) is 8.46. The third-order valence-electron chi connectivity index (χ3n) is 5.56. The van der Waals surface area contributed by atoms with Crippen LogP contribution in [0.5, 0.6) is 5.75 Å². The summed E-state index contributed by atoms with van der Waals surface area (Å²) in [6.45, 7) is 3.29. The van der Waals surface area contributed by atoms with E-state index in [-0.39, 0.29) is 37.0 Å². The van der Waals surface area contributed by atoms with Gasteiger partial charge in [0.1, 0.15) is 24.4 Å². The first-order chi connectivity index (χ1) is 16.9. The zero-order valence-corrected chi connectivity index (χ0v) is 20.6. The Kier molecular flexibility index (Phi) is 12.7. The molecule has 0 aromatic heterocycles. The number of amides is 3. The van der Waals surface area contributed by atoms with E-state index in [0.717, 1.165) is 0 Å². The van der Waals surface area contributed by atoms with Gasteiger partial charge in [-0.2, -0.15) is 0 Å². The van der Waals surface area contributed by atoms with E-state index in [4.69, 9.17) is 22.3 Å². The number of carbonyl (C=O) groups excluding carboxylic acids is 3. The number of carbonyl (C=O) groups is 4. The van der Waals surface area contributed by atoms with Gasteiger partial charge in [0.2, 0.25) is 17.7 Å². The summed E-state index contributed by atoms with van der Waals surface area (Å²) in [4.78, 5) is 53.3. The number of guanidine groups is 1. The number of rotatable bonds is 15. The number of nitrogens with zero attached hydrogens (tertiary/aromatic N) is 1. The molecule has 200 valence electrons. The number of nitrogens with two attached hydrogens (primary N) is 3. The number of phenols is 1. The molecule has 0 aliphatic rings. The van der Waals surface area contributed by atoms with Gasteiger partial charge in [0, 0.05) is 13.0 Å². The van der Waals surface area contributed by atoms with Crippen molar-refractivity contribution in [3.05, 3.63) is 29.8 Å². The molecule has 4 unspecified atom stereocenters. The maximum atomic E-state index is 13.2. The number of aromatic hydroxyl groups is 1. The van der Waals surface area contributed by atoms with Gasteiger partial charge >= 0.3 is 5.97 Å². The Labute approximate surface area is 209 Å². The standard InChI is InChI=1S/C23H37N7O6/c1-3-13(2)19(24)22(36)29-16(5-4-10-27-23(25)26)21(35)30-17(20(34)28-12-18(32)33)11-14-6-8-15(31)9-7-14/h6-9,13,16-17,19,31H,3-5,10-12,24H2,1-2H3,(H,28,34)(H,29,36)(H,30,35)(H,32,33)(H4,25,26,27). The molecule has 1 aromatic carbocycles. The minimum absolute atomic E-state index is 0.0124. The van der Waals surface area contributed by atoms with E-state index < -0.39 is 48.4 Å². The van der Waals surface area contributed by atoms with Crippen molar-refractivity contribution < 1.29 is 29.4 Å². The summed E-state index contributed by atoms with van der Waals surface area (Å²) in [5.74, 6) is -3.35. The van der Waals surface area contributed by atoms with Crippen LogP contribution >= 0.6 is 0 Å². The zero-order chi connectivity index (χ0) is 27.3. The molecule has 0 aliphatic carbocycles. The number of hydrogen-bond donors (Lipinski definition) is 8. The number of carboxylic acids is 1. The maximum absolute atomic E-state index is 13.2. The number of phenolic OH excluding ortho intramolecular Hbond substituents is 1. The highest BCUT2D eigenvalue weighted by Crippen LogP contribution is 2.12. The third kappa shape index (κ3) is 11.0. The van der Waals surface area contributed by atoms with Gasteiger partial charge in [0.25, 0.3) is 0 Å². The van der Waals surface area contributed by atoms with Crippen LogP contribution in [0.3, 0.4) is 0 Å². The van der Waals surface area contributed by atoms with Gasteiger partial charge in [-0.15, -0.1) is 0 Å². The minimum atomic E-state index is -1.25. The molecule has 1 aromatic rings. The summed E-state index contributed by atoms with van der Waals surface area (Å²) in [7, 11) is 0. The van der Waals surface area contributed by atoms with Gasteiger partial charge in [-0.05, 0) is 36.5 Å². The second kappa shape index (κ2) is 15.2. The highest BCUT2D eigenvalue weighted by molar-refractivity contribution is 5.93. The topological polar surface area (TPSA) is 235 Å². The van der Waals surface area contributed by atoms with Crippen LogP contribution in [0.1, 0.15) is 38.7 Å². The Morgan fingerprint density at radius 1 is 1.00 bits per heavy atom. The normalized spacial score (nSPS) is 14.0. The predicted octanol–water partition coefficient (Wildman–Crippen LogP) is -1.47. The van der Waals surface area contributed by atoms with E-state index in [9.17, 15) is 24.3 Å². The Morgan fingerprint density at radius 2 is 1.61 bits per heavy atom. The first-order valence-corrected chi connectivity index (χ1v) is 11.6. The van der Waals surface area contributed by atoms with Crippen molar-refractivity contribution in [1.29, 1.82) is 0 Å². The molecule has 4 atom stereocenters. The Hall–Kier alpha value is -3.87. The summed E-state index contributed by atoms with van der Waals surface area (Å²) in [6, 6.07) is 2.95. The number of aliphatic imine (C=N–C) groups is 1. The first-order valence-electron chi connectivity index (χ1n) is 11.6. The third-order valence-corrected chi connectivity index (χ3v) is 5.56. The van der Waals surface area contributed by atoms with Crippen LogP contribution in [0, 0.1) is 5.92 Å². The van der Waals surface area contributed by atoms with Crippen LogP contribution in [-0.4, -0.2) is 71.1 Å². The summed E-state index contributed by atoms with van der Waals surface area (Å²) in [5, 5.41) is 25.9. The zero-order valence-electron chi connectivity index (χ0n) is 20.6. The van der Waals surface area contributed by atoms with E-state index >= 15 is 0 Å². The molecule has 13 nitrogen and oxygen atoms in total. The van der Waals surface area contributed by atoms with E-state index in [1.54, 1.807) is 12.1 Å². The molecule has 0 radical (unpaired) electrons. The molecule has 3 amide bonds. The van der Waals surface area contributed by atoms with E-state index in [1.165, 1.54) is 12.1 Å². The lowest BCUT2D eigenvalue weighted by Gasteiger charge is -2.25. The van der Waals surface area contributed by atoms with Crippen LogP contribution < -0.4 is 33.2 Å². The summed E-state index contributed by atoms with van der Waals surface area (Å²) in [6.07, 6.45) is 1.18. The van der Waals surface area contributed by atoms with E-state index in [1.807, 2.05) is 13.8 Å². The lowest BCUT2D eigenvalue weighted by Crippen LogP contribution is -2.57.